The second kappa shape index (κ2) is 5.16. The number of fused-ring (bicyclic) bond motifs is 1. The lowest BCUT2D eigenvalue weighted by Crippen LogP contribution is -2.31. The molecule has 1 heterocycles. The lowest BCUT2D eigenvalue weighted by molar-refractivity contribution is 0.0730. The van der Waals surface area contributed by atoms with Crippen LogP contribution in [0.1, 0.15) is 54.2 Å². The fraction of sp³-hybridized carbons (Fsp3) is 0.375. The predicted octanol–water partition coefficient (Wildman–Crippen LogP) is 2.68. The molecular formula is C16H16N2O. The highest BCUT2D eigenvalue weighted by atomic mass is 16.2. The van der Waals surface area contributed by atoms with Crippen LogP contribution < -0.4 is 0 Å². The molecule has 1 aromatic rings. The zero-order valence-corrected chi connectivity index (χ0v) is 11.4. The Balaban J connectivity index is 2.52. The zero-order valence-electron chi connectivity index (χ0n) is 11.4. The van der Waals surface area contributed by atoms with E-state index in [9.17, 15) is 10.1 Å². The van der Waals surface area contributed by atoms with Gasteiger partial charge in [-0.2, -0.15) is 5.26 Å². The number of carbonyl (C=O) groups is 1. The Hall–Kier alpha value is -2.26. The summed E-state index contributed by atoms with van der Waals surface area (Å²) in [6, 6.07) is 5.90. The van der Waals surface area contributed by atoms with E-state index in [0.717, 1.165) is 17.5 Å². The molecule has 0 fully saturated rings. The van der Waals surface area contributed by atoms with Crippen LogP contribution in [0.25, 0.3) is 0 Å². The topological polar surface area (TPSA) is 44.1 Å². The maximum absolute atomic E-state index is 12.3. The van der Waals surface area contributed by atoms with Crippen LogP contribution in [0.4, 0.5) is 0 Å². The maximum atomic E-state index is 12.3. The Morgan fingerprint density at radius 1 is 1.42 bits per heavy atom. The van der Waals surface area contributed by atoms with Crippen LogP contribution in [0, 0.1) is 23.2 Å². The van der Waals surface area contributed by atoms with Crippen LogP contribution >= 0.6 is 0 Å². The minimum Gasteiger partial charge on any atom is -0.332 e. The molecule has 96 valence electrons. The molecule has 2 rings (SSSR count). The van der Waals surface area contributed by atoms with Gasteiger partial charge in [0.05, 0.1) is 11.1 Å². The number of amides is 1. The first-order valence-electron chi connectivity index (χ1n) is 6.45. The monoisotopic (exact) mass is 252 g/mol. The van der Waals surface area contributed by atoms with Gasteiger partial charge in [-0.05, 0) is 31.5 Å². The van der Waals surface area contributed by atoms with Crippen LogP contribution in [-0.2, 0) is 6.54 Å². The molecular weight excluding hydrogens is 236 g/mol. The van der Waals surface area contributed by atoms with Crippen molar-refractivity contribution in [2.75, 3.05) is 0 Å². The molecule has 0 spiro atoms. The molecule has 1 aliphatic heterocycles. The van der Waals surface area contributed by atoms with Gasteiger partial charge in [0.1, 0.15) is 6.07 Å². The molecule has 0 atom stereocenters. The van der Waals surface area contributed by atoms with E-state index in [1.54, 1.807) is 11.0 Å². The summed E-state index contributed by atoms with van der Waals surface area (Å²) in [7, 11) is 0. The molecule has 0 radical (unpaired) electrons. The molecule has 3 nitrogen and oxygen atoms in total. The first-order valence-corrected chi connectivity index (χ1v) is 6.45. The van der Waals surface area contributed by atoms with Crippen molar-refractivity contribution in [2.45, 2.75) is 39.8 Å². The van der Waals surface area contributed by atoms with Gasteiger partial charge in [0, 0.05) is 24.6 Å². The van der Waals surface area contributed by atoms with Gasteiger partial charge in [0.25, 0.3) is 5.91 Å². The third kappa shape index (κ3) is 2.33. The highest BCUT2D eigenvalue weighted by Crippen LogP contribution is 2.28. The SMILES string of the molecule is CCC#Cc1cc(C#N)c2c(c1)CN(C(C)C)C2=O. The molecule has 0 N–H and O–H groups in total. The summed E-state index contributed by atoms with van der Waals surface area (Å²) in [5, 5.41) is 9.23. The number of carbonyl (C=O) groups excluding carboxylic acids is 1. The lowest BCUT2D eigenvalue weighted by Gasteiger charge is -2.19. The summed E-state index contributed by atoms with van der Waals surface area (Å²) in [5.74, 6) is 5.98. The van der Waals surface area contributed by atoms with Crippen molar-refractivity contribution in [3.63, 3.8) is 0 Å². The molecule has 0 saturated carbocycles. The van der Waals surface area contributed by atoms with Crippen molar-refractivity contribution in [1.82, 2.24) is 4.90 Å². The van der Waals surface area contributed by atoms with Gasteiger partial charge < -0.3 is 4.90 Å². The van der Waals surface area contributed by atoms with Crippen molar-refractivity contribution in [2.24, 2.45) is 0 Å². The average molecular weight is 252 g/mol. The van der Waals surface area contributed by atoms with E-state index in [2.05, 4.69) is 17.9 Å². The Morgan fingerprint density at radius 3 is 2.74 bits per heavy atom. The summed E-state index contributed by atoms with van der Waals surface area (Å²) in [5.41, 5.74) is 2.72. The summed E-state index contributed by atoms with van der Waals surface area (Å²) >= 11 is 0. The first-order chi connectivity index (χ1) is 9.08. The van der Waals surface area contributed by atoms with E-state index in [0.29, 0.717) is 17.7 Å². The van der Waals surface area contributed by atoms with Gasteiger partial charge in [0.2, 0.25) is 0 Å². The quantitative estimate of drug-likeness (QED) is 0.721. The molecule has 1 aliphatic rings. The van der Waals surface area contributed by atoms with E-state index in [4.69, 9.17) is 0 Å². The average Bonchev–Trinajstić information content (AvgIpc) is 2.73. The number of hydrogen-bond donors (Lipinski definition) is 0. The lowest BCUT2D eigenvalue weighted by atomic mass is 10.00. The van der Waals surface area contributed by atoms with Crippen LogP contribution in [0.2, 0.25) is 0 Å². The molecule has 0 bridgehead atoms. The van der Waals surface area contributed by atoms with Crippen molar-refractivity contribution in [1.29, 1.82) is 5.26 Å². The minimum absolute atomic E-state index is 0.0449. The van der Waals surface area contributed by atoms with Crippen molar-refractivity contribution < 1.29 is 4.79 Å². The molecule has 1 amide bonds. The summed E-state index contributed by atoms with van der Waals surface area (Å²) in [6.07, 6.45) is 0.774. The van der Waals surface area contributed by atoms with Gasteiger partial charge in [-0.15, -0.1) is 0 Å². The molecule has 3 heteroatoms. The highest BCUT2D eigenvalue weighted by Gasteiger charge is 2.31. The van der Waals surface area contributed by atoms with Gasteiger partial charge >= 0.3 is 0 Å². The molecule has 0 aliphatic carbocycles. The Morgan fingerprint density at radius 2 is 2.16 bits per heavy atom. The maximum Gasteiger partial charge on any atom is 0.256 e. The molecule has 1 aromatic carbocycles. The third-order valence-electron chi connectivity index (χ3n) is 3.19. The van der Waals surface area contributed by atoms with Gasteiger partial charge in [0.15, 0.2) is 0 Å². The molecule has 0 aromatic heterocycles. The van der Waals surface area contributed by atoms with Crippen LogP contribution in [0.15, 0.2) is 12.1 Å². The number of hydrogen-bond acceptors (Lipinski definition) is 2. The van der Waals surface area contributed by atoms with E-state index >= 15 is 0 Å². The van der Waals surface area contributed by atoms with E-state index in [1.165, 1.54) is 0 Å². The fourth-order valence-corrected chi connectivity index (χ4v) is 2.25. The van der Waals surface area contributed by atoms with Crippen LogP contribution in [0.5, 0.6) is 0 Å². The summed E-state index contributed by atoms with van der Waals surface area (Å²) < 4.78 is 0. The number of benzene rings is 1. The third-order valence-corrected chi connectivity index (χ3v) is 3.19. The van der Waals surface area contributed by atoms with E-state index in [1.807, 2.05) is 26.8 Å². The highest BCUT2D eigenvalue weighted by molar-refractivity contribution is 6.01. The van der Waals surface area contributed by atoms with Crippen molar-refractivity contribution in [3.8, 4) is 17.9 Å². The smallest absolute Gasteiger partial charge is 0.256 e. The van der Waals surface area contributed by atoms with Crippen molar-refractivity contribution >= 4 is 5.91 Å². The zero-order chi connectivity index (χ0) is 14.0. The van der Waals surface area contributed by atoms with Gasteiger partial charge in [-0.1, -0.05) is 18.8 Å². The standard InChI is InChI=1S/C16H16N2O/c1-4-5-6-12-7-13(9-17)15-14(8-12)10-18(11(2)3)16(15)19/h7-8,11H,4,10H2,1-3H3. The number of rotatable bonds is 1. The summed E-state index contributed by atoms with van der Waals surface area (Å²) in [4.78, 5) is 14.1. The minimum atomic E-state index is -0.0449. The Kier molecular flexibility index (Phi) is 3.58. The predicted molar refractivity (Wildman–Crippen MR) is 73.3 cm³/mol. The number of nitriles is 1. The normalized spacial score (nSPS) is 13.0. The van der Waals surface area contributed by atoms with E-state index in [-0.39, 0.29) is 11.9 Å². The fourth-order valence-electron chi connectivity index (χ4n) is 2.25. The first kappa shape index (κ1) is 13.2. The van der Waals surface area contributed by atoms with Crippen LogP contribution in [-0.4, -0.2) is 16.8 Å². The van der Waals surface area contributed by atoms with E-state index < -0.39 is 0 Å². The van der Waals surface area contributed by atoms with Crippen LogP contribution in [0.3, 0.4) is 0 Å². The van der Waals surface area contributed by atoms with Gasteiger partial charge in [-0.3, -0.25) is 4.79 Å². The molecule has 0 unspecified atom stereocenters. The second-order valence-corrected chi connectivity index (χ2v) is 4.85. The second-order valence-electron chi connectivity index (χ2n) is 4.85. The van der Waals surface area contributed by atoms with Crippen molar-refractivity contribution in [3.05, 3.63) is 34.4 Å². The number of nitrogens with zero attached hydrogens (tertiary/aromatic N) is 2. The largest absolute Gasteiger partial charge is 0.332 e. The van der Waals surface area contributed by atoms with Gasteiger partial charge in [-0.25, -0.2) is 0 Å². The molecule has 19 heavy (non-hydrogen) atoms. The Bertz CT molecular complexity index is 627. The molecule has 0 saturated heterocycles. The Labute approximate surface area is 113 Å². The summed E-state index contributed by atoms with van der Waals surface area (Å²) in [6.45, 7) is 6.51.